The molecule has 4 rings (SSSR count). The molecule has 38 heavy (non-hydrogen) atoms. The number of hydrogen-bond acceptors (Lipinski definition) is 5. The van der Waals surface area contributed by atoms with Crippen LogP contribution in [0.1, 0.15) is 35.2 Å². The minimum atomic E-state index is -4.85. The van der Waals surface area contributed by atoms with Gasteiger partial charge >= 0.3 is 12.3 Å². The van der Waals surface area contributed by atoms with E-state index in [-0.39, 0.29) is 44.6 Å². The largest absolute Gasteiger partial charge is 0.573 e. The summed E-state index contributed by atoms with van der Waals surface area (Å²) in [6.45, 7) is 0.400. The van der Waals surface area contributed by atoms with E-state index in [2.05, 4.69) is 4.74 Å². The van der Waals surface area contributed by atoms with E-state index in [1.54, 1.807) is 0 Å². The Morgan fingerprint density at radius 1 is 0.974 bits per heavy atom. The Balaban J connectivity index is 1.39. The number of carboxylic acid groups (broad SMARTS) is 1. The van der Waals surface area contributed by atoms with Crippen molar-refractivity contribution in [3.63, 3.8) is 0 Å². The maximum Gasteiger partial charge on any atom is 0.573 e. The third kappa shape index (κ3) is 6.36. The van der Waals surface area contributed by atoms with Gasteiger partial charge in [-0.15, -0.1) is 13.2 Å². The Kier molecular flexibility index (Phi) is 7.84. The topological polar surface area (TPSA) is 104 Å². The number of amides is 1. The number of carbonyl (C=O) groups is 2. The maximum absolute atomic E-state index is 13.2. The molecule has 1 N–H and O–H groups in total. The van der Waals surface area contributed by atoms with Gasteiger partial charge in [0.2, 0.25) is 10.0 Å². The molecule has 204 valence electrons. The predicted octanol–water partition coefficient (Wildman–Crippen LogP) is 4.01. The van der Waals surface area contributed by atoms with Crippen LogP contribution in [0.3, 0.4) is 0 Å². The highest BCUT2D eigenvalue weighted by Gasteiger charge is 2.47. The molecule has 0 spiro atoms. The van der Waals surface area contributed by atoms with Gasteiger partial charge in [-0.05, 0) is 54.7 Å². The fraction of sp³-hybridized carbons (Fsp3) is 0.385. The molecule has 2 aliphatic rings. The van der Waals surface area contributed by atoms with Crippen molar-refractivity contribution in [1.29, 1.82) is 0 Å². The van der Waals surface area contributed by atoms with Gasteiger partial charge in [0.15, 0.2) is 0 Å². The monoisotopic (exact) mass is 552 g/mol. The van der Waals surface area contributed by atoms with Crippen molar-refractivity contribution in [3.8, 4) is 5.75 Å². The Morgan fingerprint density at radius 2 is 1.61 bits per heavy atom. The second-order valence-electron chi connectivity index (χ2n) is 9.41. The zero-order valence-corrected chi connectivity index (χ0v) is 21.2. The number of sulfonamides is 1. The van der Waals surface area contributed by atoms with Crippen molar-refractivity contribution < 1.29 is 41.0 Å². The van der Waals surface area contributed by atoms with Crippen LogP contribution in [0.2, 0.25) is 0 Å². The Morgan fingerprint density at radius 3 is 2.13 bits per heavy atom. The smallest absolute Gasteiger partial charge is 0.481 e. The lowest BCUT2D eigenvalue weighted by molar-refractivity contribution is -0.274. The number of piperidine rings is 1. The summed E-state index contributed by atoms with van der Waals surface area (Å²) in [5.74, 6) is -2.76. The second-order valence-corrected chi connectivity index (χ2v) is 11.4. The van der Waals surface area contributed by atoms with Gasteiger partial charge in [0.25, 0.3) is 5.91 Å². The molecule has 0 aliphatic carbocycles. The first-order chi connectivity index (χ1) is 17.9. The number of nitrogens with zero attached hydrogens (tertiary/aromatic N) is 2. The molecule has 2 aromatic rings. The highest BCUT2D eigenvalue weighted by Crippen LogP contribution is 2.36. The Hall–Kier alpha value is -3.38. The van der Waals surface area contributed by atoms with E-state index < -0.39 is 45.2 Å². The molecule has 2 heterocycles. The molecule has 0 unspecified atom stereocenters. The van der Waals surface area contributed by atoms with Crippen LogP contribution in [-0.4, -0.2) is 72.9 Å². The maximum atomic E-state index is 13.2. The zero-order valence-electron chi connectivity index (χ0n) is 20.4. The van der Waals surface area contributed by atoms with E-state index in [0.717, 1.165) is 23.3 Å². The van der Waals surface area contributed by atoms with E-state index in [0.29, 0.717) is 6.42 Å². The van der Waals surface area contributed by atoms with Gasteiger partial charge in [0.05, 0.1) is 11.2 Å². The van der Waals surface area contributed by atoms with E-state index in [4.69, 9.17) is 0 Å². The number of aliphatic carboxylic acids is 1. The van der Waals surface area contributed by atoms with Crippen LogP contribution in [0.15, 0.2) is 60.7 Å². The van der Waals surface area contributed by atoms with Crippen LogP contribution in [0.5, 0.6) is 5.75 Å². The highest BCUT2D eigenvalue weighted by atomic mass is 32.2. The van der Waals surface area contributed by atoms with E-state index in [1.165, 1.54) is 21.3 Å². The van der Waals surface area contributed by atoms with Crippen molar-refractivity contribution in [2.45, 2.75) is 25.6 Å². The minimum absolute atomic E-state index is 0.000482. The fourth-order valence-corrected chi connectivity index (χ4v) is 6.76. The summed E-state index contributed by atoms with van der Waals surface area (Å²) >= 11 is 0. The number of ether oxygens (including phenoxy) is 1. The lowest BCUT2D eigenvalue weighted by Crippen LogP contribution is -2.51. The molecule has 0 aromatic heterocycles. The average molecular weight is 553 g/mol. The quantitative estimate of drug-likeness (QED) is 0.557. The molecule has 2 aliphatic heterocycles. The van der Waals surface area contributed by atoms with Crippen LogP contribution < -0.4 is 4.74 Å². The number of alkyl halides is 3. The van der Waals surface area contributed by atoms with Crippen LogP contribution in [0.4, 0.5) is 13.2 Å². The SMILES string of the molecule is O=C(c1ccc(OC(F)(F)F)cc1)N1CCC(CS(=O)(=O)N2CC=C(c3ccccc3)CC2)(C(=O)O)CC1. The number of rotatable bonds is 7. The molecule has 12 heteroatoms. The van der Waals surface area contributed by atoms with Gasteiger partial charge in [0.1, 0.15) is 5.75 Å². The van der Waals surface area contributed by atoms with E-state index >= 15 is 0 Å². The van der Waals surface area contributed by atoms with Gasteiger partial charge in [-0.2, -0.15) is 4.31 Å². The van der Waals surface area contributed by atoms with Crippen LogP contribution in [0.25, 0.3) is 5.57 Å². The zero-order chi connectivity index (χ0) is 27.6. The van der Waals surface area contributed by atoms with Gasteiger partial charge in [0, 0.05) is 31.7 Å². The van der Waals surface area contributed by atoms with Gasteiger partial charge in [-0.1, -0.05) is 36.4 Å². The van der Waals surface area contributed by atoms with Crippen molar-refractivity contribution in [1.82, 2.24) is 9.21 Å². The van der Waals surface area contributed by atoms with Crippen molar-refractivity contribution >= 4 is 27.5 Å². The number of halogens is 3. The van der Waals surface area contributed by atoms with Crippen LogP contribution in [-0.2, 0) is 14.8 Å². The standard InChI is InChI=1S/C26H27F3N2O6S/c27-26(28,29)37-22-8-6-21(7-9-22)23(32)30-16-12-25(13-17-30,24(33)34)18-38(35,36)31-14-10-20(11-15-31)19-4-2-1-3-5-19/h1-10H,11-18H2,(H,33,34). The summed E-state index contributed by atoms with van der Waals surface area (Å²) < 4.78 is 68.7. The molecule has 1 amide bonds. The van der Waals surface area contributed by atoms with Gasteiger partial charge < -0.3 is 14.7 Å². The molecule has 8 nitrogen and oxygen atoms in total. The predicted molar refractivity (Wildman–Crippen MR) is 133 cm³/mol. The van der Waals surface area contributed by atoms with Crippen molar-refractivity contribution in [3.05, 3.63) is 71.8 Å². The first kappa shape index (κ1) is 27.6. The minimum Gasteiger partial charge on any atom is -0.481 e. The first-order valence-corrected chi connectivity index (χ1v) is 13.6. The summed E-state index contributed by atoms with van der Waals surface area (Å²) in [7, 11) is -3.90. The number of carboxylic acids is 1. The molecule has 0 saturated carbocycles. The highest BCUT2D eigenvalue weighted by molar-refractivity contribution is 7.89. The second kappa shape index (κ2) is 10.8. The third-order valence-corrected chi connectivity index (χ3v) is 9.00. The van der Waals surface area contributed by atoms with Crippen LogP contribution >= 0.6 is 0 Å². The van der Waals surface area contributed by atoms with E-state index in [9.17, 15) is 36.3 Å². The molecule has 1 saturated heterocycles. The Labute approximate surface area is 218 Å². The molecule has 0 radical (unpaired) electrons. The Bertz CT molecular complexity index is 1300. The number of likely N-dealkylation sites (tertiary alicyclic amines) is 1. The van der Waals surface area contributed by atoms with E-state index in [1.807, 2.05) is 36.4 Å². The molecule has 0 atom stereocenters. The van der Waals surface area contributed by atoms with Gasteiger partial charge in [-0.25, -0.2) is 8.42 Å². The molecular formula is C26H27F3N2O6S. The van der Waals surface area contributed by atoms with Gasteiger partial charge in [-0.3, -0.25) is 9.59 Å². The van der Waals surface area contributed by atoms with Crippen molar-refractivity contribution in [2.24, 2.45) is 5.41 Å². The fourth-order valence-electron chi connectivity index (χ4n) is 4.80. The average Bonchev–Trinajstić information content (AvgIpc) is 2.88. The number of hydrogen-bond donors (Lipinski definition) is 1. The molecule has 2 aromatic carbocycles. The lowest BCUT2D eigenvalue weighted by atomic mass is 9.80. The summed E-state index contributed by atoms with van der Waals surface area (Å²) in [6, 6.07) is 14.1. The van der Waals surface area contributed by atoms with Crippen molar-refractivity contribution in [2.75, 3.05) is 31.9 Å². The molecule has 1 fully saturated rings. The van der Waals surface area contributed by atoms with Crippen LogP contribution in [0, 0.1) is 5.41 Å². The molecule has 0 bridgehead atoms. The third-order valence-electron chi connectivity index (χ3n) is 6.96. The first-order valence-electron chi connectivity index (χ1n) is 12.0. The summed E-state index contributed by atoms with van der Waals surface area (Å²) in [4.78, 5) is 26.5. The number of carbonyl (C=O) groups excluding carboxylic acids is 1. The summed E-state index contributed by atoms with van der Waals surface area (Å²) in [6.07, 6.45) is -2.63. The molecular weight excluding hydrogens is 525 g/mol. The normalized spacial score (nSPS) is 18.5. The lowest BCUT2D eigenvalue weighted by Gasteiger charge is -2.39. The summed E-state index contributed by atoms with van der Waals surface area (Å²) in [5, 5.41) is 10.0. The summed E-state index contributed by atoms with van der Waals surface area (Å²) in [5.41, 5.74) is 0.619. The number of benzene rings is 2.